The molecular formula is C19H20N2O3. The van der Waals surface area contributed by atoms with Gasteiger partial charge >= 0.3 is 6.03 Å². The van der Waals surface area contributed by atoms with Gasteiger partial charge in [-0.3, -0.25) is 0 Å². The number of nitrogens with one attached hydrogen (secondary N) is 2. The summed E-state index contributed by atoms with van der Waals surface area (Å²) >= 11 is 0. The van der Waals surface area contributed by atoms with Gasteiger partial charge in [0.25, 0.3) is 0 Å². The van der Waals surface area contributed by atoms with Crippen molar-refractivity contribution in [1.29, 1.82) is 0 Å². The molecule has 0 aromatic heterocycles. The highest BCUT2D eigenvalue weighted by atomic mass is 16.5. The van der Waals surface area contributed by atoms with E-state index in [0.29, 0.717) is 12.5 Å². The number of ether oxygens (including phenoxy) is 2. The SMILES string of the molecule is COc1ccccc1[C@@H]1C[C@@H]1NC(=O)N[C@H]1COc2ccccc21. The number of methoxy groups -OCH3 is 1. The van der Waals surface area contributed by atoms with E-state index in [1.807, 2.05) is 42.5 Å². The number of benzene rings is 2. The van der Waals surface area contributed by atoms with Crippen molar-refractivity contribution in [3.63, 3.8) is 0 Å². The minimum atomic E-state index is -0.150. The summed E-state index contributed by atoms with van der Waals surface area (Å²) in [7, 11) is 1.67. The molecule has 4 rings (SSSR count). The molecule has 5 nitrogen and oxygen atoms in total. The molecule has 2 amide bonds. The summed E-state index contributed by atoms with van der Waals surface area (Å²) in [5, 5.41) is 6.05. The Morgan fingerprint density at radius 3 is 2.67 bits per heavy atom. The van der Waals surface area contributed by atoms with Crippen LogP contribution in [0.1, 0.15) is 29.5 Å². The van der Waals surface area contributed by atoms with E-state index in [9.17, 15) is 4.79 Å². The molecular weight excluding hydrogens is 304 g/mol. The second-order valence-corrected chi connectivity index (χ2v) is 6.21. The van der Waals surface area contributed by atoms with E-state index < -0.39 is 0 Å². The van der Waals surface area contributed by atoms with E-state index in [4.69, 9.17) is 9.47 Å². The third-order valence-electron chi connectivity index (χ3n) is 4.65. The Hall–Kier alpha value is -2.69. The highest BCUT2D eigenvalue weighted by Gasteiger charge is 2.41. The molecule has 0 radical (unpaired) electrons. The van der Waals surface area contributed by atoms with Crippen molar-refractivity contribution < 1.29 is 14.3 Å². The van der Waals surface area contributed by atoms with E-state index >= 15 is 0 Å². The van der Waals surface area contributed by atoms with Gasteiger partial charge in [-0.2, -0.15) is 0 Å². The maximum absolute atomic E-state index is 12.3. The van der Waals surface area contributed by atoms with Crippen LogP contribution in [-0.4, -0.2) is 25.8 Å². The Morgan fingerprint density at radius 2 is 1.83 bits per heavy atom. The molecule has 5 heteroatoms. The normalized spacial score (nSPS) is 23.8. The first-order valence-corrected chi connectivity index (χ1v) is 8.18. The number of hydrogen-bond donors (Lipinski definition) is 2. The lowest BCUT2D eigenvalue weighted by Gasteiger charge is -2.13. The Labute approximate surface area is 141 Å². The topological polar surface area (TPSA) is 59.6 Å². The first-order valence-electron chi connectivity index (χ1n) is 8.18. The fourth-order valence-electron chi connectivity index (χ4n) is 3.32. The third kappa shape index (κ3) is 2.77. The molecule has 2 aromatic carbocycles. The Balaban J connectivity index is 1.35. The molecule has 1 aliphatic heterocycles. The molecule has 3 atom stereocenters. The average Bonchev–Trinajstić information content (AvgIpc) is 3.26. The van der Waals surface area contributed by atoms with E-state index in [-0.39, 0.29) is 18.1 Å². The second-order valence-electron chi connectivity index (χ2n) is 6.21. The van der Waals surface area contributed by atoms with Crippen molar-refractivity contribution in [1.82, 2.24) is 10.6 Å². The van der Waals surface area contributed by atoms with Gasteiger partial charge in [-0.1, -0.05) is 36.4 Å². The highest BCUT2D eigenvalue weighted by molar-refractivity contribution is 5.76. The van der Waals surface area contributed by atoms with Gasteiger partial charge in [0.2, 0.25) is 0 Å². The Morgan fingerprint density at radius 1 is 1.08 bits per heavy atom. The van der Waals surface area contributed by atoms with Crippen molar-refractivity contribution in [2.24, 2.45) is 0 Å². The predicted octanol–water partition coefficient (Wildman–Crippen LogP) is 2.98. The van der Waals surface area contributed by atoms with Gasteiger partial charge in [0.15, 0.2) is 0 Å². The number of para-hydroxylation sites is 2. The van der Waals surface area contributed by atoms with E-state index in [1.165, 1.54) is 0 Å². The van der Waals surface area contributed by atoms with Crippen LogP contribution in [-0.2, 0) is 0 Å². The molecule has 1 heterocycles. The summed E-state index contributed by atoms with van der Waals surface area (Å²) in [6.07, 6.45) is 0.936. The molecule has 24 heavy (non-hydrogen) atoms. The average molecular weight is 324 g/mol. The fourth-order valence-corrected chi connectivity index (χ4v) is 3.32. The van der Waals surface area contributed by atoms with Crippen LogP contribution < -0.4 is 20.1 Å². The maximum Gasteiger partial charge on any atom is 0.315 e. The summed E-state index contributed by atoms with van der Waals surface area (Å²) in [4.78, 5) is 12.3. The molecule has 0 bridgehead atoms. The minimum absolute atomic E-state index is 0.0929. The van der Waals surface area contributed by atoms with Crippen LogP contribution in [0.4, 0.5) is 4.79 Å². The lowest BCUT2D eigenvalue weighted by atomic mass is 10.1. The quantitative estimate of drug-likeness (QED) is 0.909. The van der Waals surface area contributed by atoms with Crippen molar-refractivity contribution in [3.8, 4) is 11.5 Å². The number of amides is 2. The predicted molar refractivity (Wildman–Crippen MR) is 90.5 cm³/mol. The number of carbonyl (C=O) groups is 1. The maximum atomic E-state index is 12.3. The number of hydrogen-bond acceptors (Lipinski definition) is 3. The second kappa shape index (κ2) is 6.07. The van der Waals surface area contributed by atoms with Crippen molar-refractivity contribution >= 4 is 6.03 Å². The molecule has 1 aliphatic carbocycles. The van der Waals surface area contributed by atoms with Crippen LogP contribution in [0.15, 0.2) is 48.5 Å². The number of fused-ring (bicyclic) bond motifs is 1. The number of carbonyl (C=O) groups excluding carboxylic acids is 1. The first-order chi connectivity index (χ1) is 11.8. The van der Waals surface area contributed by atoms with Crippen LogP contribution in [0.3, 0.4) is 0 Å². The zero-order valence-electron chi connectivity index (χ0n) is 13.5. The summed E-state index contributed by atoms with van der Waals surface area (Å²) in [6.45, 7) is 0.480. The Kier molecular flexibility index (Phi) is 3.76. The summed E-state index contributed by atoms with van der Waals surface area (Å²) in [5.74, 6) is 2.05. The summed E-state index contributed by atoms with van der Waals surface area (Å²) < 4.78 is 11.0. The summed E-state index contributed by atoms with van der Waals surface area (Å²) in [5.41, 5.74) is 2.18. The molecule has 2 aliphatic rings. The zero-order valence-corrected chi connectivity index (χ0v) is 13.5. The van der Waals surface area contributed by atoms with Crippen LogP contribution in [0.25, 0.3) is 0 Å². The standard InChI is InChI=1S/C19H20N2O3/c1-23-17-8-4-2-6-12(17)14-10-15(14)20-19(22)21-16-11-24-18-9-5-3-7-13(16)18/h2-9,14-16H,10-11H2,1H3,(H2,20,21,22)/t14-,15-,16-/m0/s1. The molecule has 1 fully saturated rings. The number of rotatable bonds is 4. The van der Waals surface area contributed by atoms with Crippen molar-refractivity contribution in [2.75, 3.05) is 13.7 Å². The largest absolute Gasteiger partial charge is 0.496 e. The molecule has 124 valence electrons. The van der Waals surface area contributed by atoms with Gasteiger partial charge < -0.3 is 20.1 Å². The molecule has 0 saturated heterocycles. The van der Waals surface area contributed by atoms with E-state index in [0.717, 1.165) is 29.0 Å². The Bertz CT molecular complexity index is 762. The van der Waals surface area contributed by atoms with Crippen LogP contribution >= 0.6 is 0 Å². The van der Waals surface area contributed by atoms with Gasteiger partial charge in [-0.05, 0) is 24.1 Å². The summed E-state index contributed by atoms with van der Waals surface area (Å²) in [6, 6.07) is 15.7. The monoisotopic (exact) mass is 324 g/mol. The molecule has 0 unspecified atom stereocenters. The smallest absolute Gasteiger partial charge is 0.315 e. The lowest BCUT2D eigenvalue weighted by molar-refractivity contribution is 0.231. The minimum Gasteiger partial charge on any atom is -0.496 e. The molecule has 2 aromatic rings. The van der Waals surface area contributed by atoms with Gasteiger partial charge in [-0.15, -0.1) is 0 Å². The lowest BCUT2D eigenvalue weighted by Crippen LogP contribution is -2.40. The number of urea groups is 1. The van der Waals surface area contributed by atoms with E-state index in [1.54, 1.807) is 7.11 Å². The first kappa shape index (κ1) is 14.9. The zero-order chi connectivity index (χ0) is 16.5. The van der Waals surface area contributed by atoms with Gasteiger partial charge in [-0.25, -0.2) is 4.79 Å². The van der Waals surface area contributed by atoms with Gasteiger partial charge in [0.1, 0.15) is 18.1 Å². The molecule has 2 N–H and O–H groups in total. The van der Waals surface area contributed by atoms with Gasteiger partial charge in [0, 0.05) is 17.5 Å². The third-order valence-corrected chi connectivity index (χ3v) is 4.65. The molecule has 1 saturated carbocycles. The van der Waals surface area contributed by atoms with Crippen molar-refractivity contribution in [2.45, 2.75) is 24.4 Å². The van der Waals surface area contributed by atoms with Crippen LogP contribution in [0.2, 0.25) is 0 Å². The van der Waals surface area contributed by atoms with Crippen molar-refractivity contribution in [3.05, 3.63) is 59.7 Å². The highest BCUT2D eigenvalue weighted by Crippen LogP contribution is 2.44. The van der Waals surface area contributed by atoms with Gasteiger partial charge in [0.05, 0.1) is 13.2 Å². The fraction of sp³-hybridized carbons (Fsp3) is 0.316. The van der Waals surface area contributed by atoms with Crippen LogP contribution in [0.5, 0.6) is 11.5 Å². The molecule has 0 spiro atoms. The van der Waals surface area contributed by atoms with E-state index in [2.05, 4.69) is 16.7 Å². The van der Waals surface area contributed by atoms with Crippen LogP contribution in [0, 0.1) is 0 Å².